The molecule has 0 aliphatic rings. The van der Waals surface area contributed by atoms with Crippen molar-refractivity contribution in [3.63, 3.8) is 0 Å². The molecule has 0 amide bonds. The topological polar surface area (TPSA) is 0 Å². The zero-order chi connectivity index (χ0) is 8.69. The Labute approximate surface area is 71.7 Å². The van der Waals surface area contributed by atoms with E-state index in [9.17, 15) is 0 Å². The van der Waals surface area contributed by atoms with Gasteiger partial charge in [-0.25, -0.2) is 0 Å². The van der Waals surface area contributed by atoms with Crippen LogP contribution in [0.5, 0.6) is 0 Å². The fourth-order valence-electron chi connectivity index (χ4n) is 1.37. The SMILES string of the molecule is CCCCCC(CC)=C(C)C. The van der Waals surface area contributed by atoms with Crippen LogP contribution in [0.15, 0.2) is 11.1 Å². The van der Waals surface area contributed by atoms with Crippen molar-refractivity contribution >= 4 is 0 Å². The number of hydrogen-bond donors (Lipinski definition) is 0. The monoisotopic (exact) mass is 154 g/mol. The first-order valence-corrected chi connectivity index (χ1v) is 4.87. The van der Waals surface area contributed by atoms with Crippen LogP contribution in [0.3, 0.4) is 0 Å². The van der Waals surface area contributed by atoms with Crippen molar-refractivity contribution in [3.05, 3.63) is 11.1 Å². The lowest BCUT2D eigenvalue weighted by atomic mass is 10.0. The van der Waals surface area contributed by atoms with Crippen LogP contribution in [0.4, 0.5) is 0 Å². The second kappa shape index (κ2) is 6.45. The van der Waals surface area contributed by atoms with Gasteiger partial charge in [-0.15, -0.1) is 0 Å². The van der Waals surface area contributed by atoms with Crippen LogP contribution < -0.4 is 0 Å². The Morgan fingerprint density at radius 3 is 2.00 bits per heavy atom. The third-order valence-corrected chi connectivity index (χ3v) is 2.22. The van der Waals surface area contributed by atoms with Gasteiger partial charge in [0.25, 0.3) is 0 Å². The molecule has 0 atom stereocenters. The molecular weight excluding hydrogens is 132 g/mol. The minimum Gasteiger partial charge on any atom is -0.0772 e. The molecule has 0 unspecified atom stereocenters. The van der Waals surface area contributed by atoms with Gasteiger partial charge in [0.05, 0.1) is 0 Å². The Morgan fingerprint density at radius 2 is 1.64 bits per heavy atom. The summed E-state index contributed by atoms with van der Waals surface area (Å²) in [6, 6.07) is 0. The van der Waals surface area contributed by atoms with Crippen molar-refractivity contribution in [2.45, 2.75) is 59.8 Å². The molecule has 0 rings (SSSR count). The molecule has 0 N–H and O–H groups in total. The molecule has 0 saturated carbocycles. The van der Waals surface area contributed by atoms with E-state index in [0.717, 1.165) is 0 Å². The third-order valence-electron chi connectivity index (χ3n) is 2.22. The Morgan fingerprint density at radius 1 is 1.00 bits per heavy atom. The van der Waals surface area contributed by atoms with Gasteiger partial charge in [0.15, 0.2) is 0 Å². The summed E-state index contributed by atoms with van der Waals surface area (Å²) in [7, 11) is 0. The smallest absolute Gasteiger partial charge is 0.0318 e. The molecule has 0 radical (unpaired) electrons. The summed E-state index contributed by atoms with van der Waals surface area (Å²) in [6.07, 6.45) is 6.67. The molecule has 0 bridgehead atoms. The zero-order valence-corrected chi connectivity index (χ0v) is 8.54. The van der Waals surface area contributed by atoms with Gasteiger partial charge >= 0.3 is 0 Å². The standard InChI is InChI=1S/C11H22/c1-5-7-8-9-11(6-2)10(3)4/h5-9H2,1-4H3. The van der Waals surface area contributed by atoms with E-state index in [0.29, 0.717) is 0 Å². The highest BCUT2D eigenvalue weighted by atomic mass is 14.0. The number of unbranched alkanes of at least 4 members (excludes halogenated alkanes) is 2. The average Bonchev–Trinajstić information content (AvgIpc) is 1.97. The second-order valence-electron chi connectivity index (χ2n) is 3.41. The predicted octanol–water partition coefficient (Wildman–Crippen LogP) is 4.31. The number of hydrogen-bond acceptors (Lipinski definition) is 0. The van der Waals surface area contributed by atoms with E-state index < -0.39 is 0 Å². The minimum atomic E-state index is 1.24. The average molecular weight is 154 g/mol. The summed E-state index contributed by atoms with van der Waals surface area (Å²) in [5.41, 5.74) is 3.20. The van der Waals surface area contributed by atoms with Crippen molar-refractivity contribution in [1.29, 1.82) is 0 Å². The summed E-state index contributed by atoms with van der Waals surface area (Å²) >= 11 is 0. The predicted molar refractivity (Wildman–Crippen MR) is 52.8 cm³/mol. The van der Waals surface area contributed by atoms with E-state index in [1.54, 1.807) is 5.57 Å². The maximum atomic E-state index is 2.26. The minimum absolute atomic E-state index is 1.24. The molecule has 0 saturated heterocycles. The van der Waals surface area contributed by atoms with Gasteiger partial charge in [-0.3, -0.25) is 0 Å². The van der Waals surface area contributed by atoms with E-state index in [-0.39, 0.29) is 0 Å². The van der Waals surface area contributed by atoms with E-state index in [1.165, 1.54) is 37.7 Å². The first kappa shape index (κ1) is 10.7. The molecule has 0 aliphatic heterocycles. The van der Waals surface area contributed by atoms with Crippen LogP contribution in [0.2, 0.25) is 0 Å². The van der Waals surface area contributed by atoms with Crippen LogP contribution in [0.1, 0.15) is 59.8 Å². The molecule has 0 aromatic carbocycles. The first-order chi connectivity index (χ1) is 5.22. The zero-order valence-electron chi connectivity index (χ0n) is 8.54. The molecule has 0 aromatic rings. The van der Waals surface area contributed by atoms with Crippen molar-refractivity contribution < 1.29 is 0 Å². The molecule has 66 valence electrons. The Kier molecular flexibility index (Phi) is 6.30. The van der Waals surface area contributed by atoms with Crippen molar-refractivity contribution in [3.8, 4) is 0 Å². The molecule has 0 heteroatoms. The van der Waals surface area contributed by atoms with Crippen LogP contribution in [-0.2, 0) is 0 Å². The quantitative estimate of drug-likeness (QED) is 0.409. The van der Waals surface area contributed by atoms with Gasteiger partial charge in [0.2, 0.25) is 0 Å². The van der Waals surface area contributed by atoms with Crippen molar-refractivity contribution in [1.82, 2.24) is 0 Å². The lowest BCUT2D eigenvalue weighted by Crippen LogP contribution is -1.85. The van der Waals surface area contributed by atoms with E-state index >= 15 is 0 Å². The fraction of sp³-hybridized carbons (Fsp3) is 0.818. The Balaban J connectivity index is 3.63. The lowest BCUT2D eigenvalue weighted by Gasteiger charge is -2.05. The maximum absolute atomic E-state index is 2.26. The van der Waals surface area contributed by atoms with Gasteiger partial charge in [-0.1, -0.05) is 37.8 Å². The van der Waals surface area contributed by atoms with Crippen molar-refractivity contribution in [2.24, 2.45) is 0 Å². The fourth-order valence-corrected chi connectivity index (χ4v) is 1.37. The number of rotatable bonds is 5. The summed E-state index contributed by atoms with van der Waals surface area (Å²) in [5, 5.41) is 0. The molecule has 0 spiro atoms. The molecule has 0 heterocycles. The van der Waals surface area contributed by atoms with E-state index in [2.05, 4.69) is 27.7 Å². The van der Waals surface area contributed by atoms with E-state index in [4.69, 9.17) is 0 Å². The third kappa shape index (κ3) is 5.06. The van der Waals surface area contributed by atoms with E-state index in [1.807, 2.05) is 0 Å². The van der Waals surface area contributed by atoms with Crippen LogP contribution in [0, 0.1) is 0 Å². The Bertz CT molecular complexity index is 116. The molecule has 0 fully saturated rings. The maximum Gasteiger partial charge on any atom is -0.0318 e. The molecule has 0 aliphatic carbocycles. The largest absolute Gasteiger partial charge is 0.0772 e. The van der Waals surface area contributed by atoms with Crippen LogP contribution in [-0.4, -0.2) is 0 Å². The lowest BCUT2D eigenvalue weighted by molar-refractivity contribution is 0.697. The number of allylic oxidation sites excluding steroid dienone is 2. The van der Waals surface area contributed by atoms with Gasteiger partial charge < -0.3 is 0 Å². The first-order valence-electron chi connectivity index (χ1n) is 4.87. The normalized spacial score (nSPS) is 9.82. The van der Waals surface area contributed by atoms with Gasteiger partial charge in [0.1, 0.15) is 0 Å². The summed E-state index contributed by atoms with van der Waals surface area (Å²) in [4.78, 5) is 0. The van der Waals surface area contributed by atoms with Gasteiger partial charge in [0, 0.05) is 0 Å². The molecule has 11 heavy (non-hydrogen) atoms. The van der Waals surface area contributed by atoms with Gasteiger partial charge in [-0.2, -0.15) is 0 Å². The highest BCUT2D eigenvalue weighted by Crippen LogP contribution is 2.15. The highest BCUT2D eigenvalue weighted by molar-refractivity contribution is 5.08. The summed E-state index contributed by atoms with van der Waals surface area (Å²) in [5.74, 6) is 0. The summed E-state index contributed by atoms with van der Waals surface area (Å²) in [6.45, 7) is 8.97. The van der Waals surface area contributed by atoms with Crippen molar-refractivity contribution in [2.75, 3.05) is 0 Å². The Hall–Kier alpha value is -0.260. The molecule has 0 nitrogen and oxygen atoms in total. The highest BCUT2D eigenvalue weighted by Gasteiger charge is 1.95. The van der Waals surface area contributed by atoms with Gasteiger partial charge in [-0.05, 0) is 33.1 Å². The van der Waals surface area contributed by atoms with Crippen LogP contribution >= 0.6 is 0 Å². The molecular formula is C11H22. The molecule has 0 aromatic heterocycles. The summed E-state index contributed by atoms with van der Waals surface area (Å²) < 4.78 is 0. The van der Waals surface area contributed by atoms with Crippen LogP contribution in [0.25, 0.3) is 0 Å². The second-order valence-corrected chi connectivity index (χ2v) is 3.41.